The van der Waals surface area contributed by atoms with Crippen molar-refractivity contribution in [3.05, 3.63) is 5.82 Å². The number of nitrogens with zero attached hydrogens (tertiary/aromatic N) is 4. The molecule has 0 aliphatic heterocycles. The van der Waals surface area contributed by atoms with Gasteiger partial charge in [-0.25, -0.2) is 0 Å². The Bertz CT molecular complexity index is 376. The molecule has 1 aromatic heterocycles. The van der Waals surface area contributed by atoms with Crippen LogP contribution in [0.2, 0.25) is 0 Å². The molecule has 88 valence electrons. The highest BCUT2D eigenvalue weighted by atomic mass is 16.5. The number of hydrogen-bond donors (Lipinski definition) is 0. The van der Waals surface area contributed by atoms with Gasteiger partial charge in [0, 0.05) is 0 Å². The van der Waals surface area contributed by atoms with Gasteiger partial charge in [-0.15, -0.1) is 10.2 Å². The van der Waals surface area contributed by atoms with Crippen molar-refractivity contribution in [1.82, 2.24) is 20.2 Å². The average Bonchev–Trinajstić information content (AvgIpc) is 2.64. The minimum Gasteiger partial charge on any atom is -0.469 e. The van der Waals surface area contributed by atoms with Crippen LogP contribution in [0.5, 0.6) is 0 Å². The Kier molecular flexibility index (Phi) is 4.52. The fourth-order valence-electron chi connectivity index (χ4n) is 0.921. The van der Waals surface area contributed by atoms with Crippen LogP contribution < -0.4 is 0 Å². The molecular formula is C8H12N4O4. The fraction of sp³-hybridized carbons (Fsp3) is 0.625. The minimum atomic E-state index is -0.578. The van der Waals surface area contributed by atoms with E-state index in [1.807, 2.05) is 0 Å². The maximum Gasteiger partial charge on any atom is 0.313 e. The lowest BCUT2D eigenvalue weighted by atomic mass is 10.3. The first-order valence-corrected chi connectivity index (χ1v) is 4.51. The smallest absolute Gasteiger partial charge is 0.313 e. The SMILES string of the molecule is COC(=O)CC(=O)COCc1nnn(C)n1. The molecule has 1 heterocycles. The molecule has 8 heteroatoms. The quantitative estimate of drug-likeness (QED) is 0.448. The van der Waals surface area contributed by atoms with E-state index in [-0.39, 0.29) is 25.4 Å². The predicted octanol–water partition coefficient (Wildman–Crippen LogP) is -1.14. The molecule has 0 saturated heterocycles. The molecule has 0 N–H and O–H groups in total. The van der Waals surface area contributed by atoms with E-state index >= 15 is 0 Å². The average molecular weight is 228 g/mol. The first-order valence-electron chi connectivity index (χ1n) is 4.51. The molecule has 0 unspecified atom stereocenters. The van der Waals surface area contributed by atoms with Gasteiger partial charge in [-0.2, -0.15) is 4.80 Å². The van der Waals surface area contributed by atoms with E-state index in [0.29, 0.717) is 5.82 Å². The van der Waals surface area contributed by atoms with Crippen LogP contribution >= 0.6 is 0 Å². The largest absolute Gasteiger partial charge is 0.469 e. The zero-order valence-electron chi connectivity index (χ0n) is 9.04. The number of carbonyl (C=O) groups excluding carboxylic acids is 2. The monoisotopic (exact) mass is 228 g/mol. The molecule has 1 aromatic rings. The second-order valence-corrected chi connectivity index (χ2v) is 2.98. The number of methoxy groups -OCH3 is 1. The van der Waals surface area contributed by atoms with Crippen molar-refractivity contribution < 1.29 is 19.1 Å². The van der Waals surface area contributed by atoms with Crippen molar-refractivity contribution in [3.8, 4) is 0 Å². The third-order valence-electron chi connectivity index (χ3n) is 1.61. The highest BCUT2D eigenvalue weighted by Gasteiger charge is 2.10. The Labute approximate surface area is 91.5 Å². The maximum absolute atomic E-state index is 11.1. The number of esters is 1. The minimum absolute atomic E-state index is 0.0841. The lowest BCUT2D eigenvalue weighted by Crippen LogP contribution is -2.15. The standard InChI is InChI=1S/C8H12N4O4/c1-12-10-7(9-11-12)5-16-4-6(13)3-8(14)15-2/h3-5H2,1-2H3. The molecule has 0 radical (unpaired) electrons. The van der Waals surface area contributed by atoms with E-state index in [1.54, 1.807) is 7.05 Å². The van der Waals surface area contributed by atoms with E-state index < -0.39 is 5.97 Å². The van der Waals surface area contributed by atoms with Crippen LogP contribution in [0.4, 0.5) is 0 Å². The number of hydrogen-bond acceptors (Lipinski definition) is 7. The second kappa shape index (κ2) is 5.91. The second-order valence-electron chi connectivity index (χ2n) is 2.98. The van der Waals surface area contributed by atoms with Crippen LogP contribution in [-0.4, -0.2) is 45.7 Å². The third-order valence-corrected chi connectivity index (χ3v) is 1.61. The molecule has 1 rings (SSSR count). The molecule has 0 atom stereocenters. The molecule has 0 aliphatic rings. The number of carbonyl (C=O) groups is 2. The van der Waals surface area contributed by atoms with Gasteiger partial charge in [-0.1, -0.05) is 0 Å². The maximum atomic E-state index is 11.1. The summed E-state index contributed by atoms with van der Waals surface area (Å²) in [6.45, 7) is -0.0892. The van der Waals surface area contributed by atoms with Gasteiger partial charge in [0.15, 0.2) is 11.6 Å². The molecule has 0 spiro atoms. The fourth-order valence-corrected chi connectivity index (χ4v) is 0.921. The van der Waals surface area contributed by atoms with Gasteiger partial charge in [0.25, 0.3) is 0 Å². The van der Waals surface area contributed by atoms with Crippen molar-refractivity contribution in [2.45, 2.75) is 13.0 Å². The Morgan fingerprint density at radius 2 is 2.19 bits per heavy atom. The van der Waals surface area contributed by atoms with Crippen LogP contribution in [0.15, 0.2) is 0 Å². The normalized spacial score (nSPS) is 10.1. The summed E-state index contributed by atoms with van der Waals surface area (Å²) in [5.74, 6) is -0.546. The van der Waals surface area contributed by atoms with E-state index in [2.05, 4.69) is 20.1 Å². The predicted molar refractivity (Wildman–Crippen MR) is 50.1 cm³/mol. The van der Waals surface area contributed by atoms with Gasteiger partial charge in [-0.3, -0.25) is 9.59 Å². The van der Waals surface area contributed by atoms with Gasteiger partial charge in [0.2, 0.25) is 0 Å². The lowest BCUT2D eigenvalue weighted by Gasteiger charge is -1.99. The van der Waals surface area contributed by atoms with Crippen LogP contribution in [0.3, 0.4) is 0 Å². The van der Waals surface area contributed by atoms with E-state index in [4.69, 9.17) is 4.74 Å². The summed E-state index contributed by atoms with van der Waals surface area (Å²) in [4.78, 5) is 23.1. The van der Waals surface area contributed by atoms with E-state index in [1.165, 1.54) is 11.9 Å². The summed E-state index contributed by atoms with van der Waals surface area (Å²) in [5.41, 5.74) is 0. The van der Waals surface area contributed by atoms with Crippen molar-refractivity contribution in [1.29, 1.82) is 0 Å². The van der Waals surface area contributed by atoms with Gasteiger partial charge in [0.05, 0.1) is 14.2 Å². The van der Waals surface area contributed by atoms with Crippen molar-refractivity contribution in [2.24, 2.45) is 7.05 Å². The van der Waals surface area contributed by atoms with Gasteiger partial charge in [-0.05, 0) is 5.21 Å². The molecule has 8 nitrogen and oxygen atoms in total. The summed E-state index contributed by atoms with van der Waals surface area (Å²) < 4.78 is 9.34. The summed E-state index contributed by atoms with van der Waals surface area (Å²) >= 11 is 0. The Morgan fingerprint density at radius 1 is 1.44 bits per heavy atom. The number of aromatic nitrogens is 4. The number of ether oxygens (including phenoxy) is 2. The molecule has 16 heavy (non-hydrogen) atoms. The van der Waals surface area contributed by atoms with Gasteiger partial charge >= 0.3 is 5.97 Å². The molecule has 0 saturated carbocycles. The molecule has 0 bridgehead atoms. The molecule has 0 fully saturated rings. The van der Waals surface area contributed by atoms with Crippen LogP contribution in [-0.2, 0) is 32.7 Å². The van der Waals surface area contributed by atoms with Crippen molar-refractivity contribution in [3.63, 3.8) is 0 Å². The zero-order chi connectivity index (χ0) is 12.0. The highest BCUT2D eigenvalue weighted by Crippen LogP contribution is 1.93. The summed E-state index contributed by atoms with van der Waals surface area (Å²) in [5, 5.41) is 11.1. The summed E-state index contributed by atoms with van der Waals surface area (Å²) in [7, 11) is 2.85. The van der Waals surface area contributed by atoms with Crippen LogP contribution in [0, 0.1) is 0 Å². The first kappa shape index (κ1) is 12.2. The lowest BCUT2D eigenvalue weighted by molar-refractivity contribution is -0.144. The Hall–Kier alpha value is -1.83. The Balaban J connectivity index is 2.20. The zero-order valence-corrected chi connectivity index (χ0v) is 9.04. The van der Waals surface area contributed by atoms with Crippen molar-refractivity contribution in [2.75, 3.05) is 13.7 Å². The van der Waals surface area contributed by atoms with Gasteiger partial charge in [0.1, 0.15) is 19.6 Å². The molecule has 0 aromatic carbocycles. The molecular weight excluding hydrogens is 216 g/mol. The topological polar surface area (TPSA) is 96.2 Å². The number of aryl methyl sites for hydroxylation is 1. The highest BCUT2D eigenvalue weighted by molar-refractivity contribution is 5.96. The summed E-state index contributed by atoms with van der Waals surface area (Å²) in [6.07, 6.45) is -0.287. The van der Waals surface area contributed by atoms with E-state index in [0.717, 1.165) is 0 Å². The van der Waals surface area contributed by atoms with E-state index in [9.17, 15) is 9.59 Å². The van der Waals surface area contributed by atoms with Crippen LogP contribution in [0.25, 0.3) is 0 Å². The molecule has 0 aliphatic carbocycles. The molecule has 0 amide bonds. The first-order chi connectivity index (χ1) is 7.61. The third kappa shape index (κ3) is 4.13. The van der Waals surface area contributed by atoms with Gasteiger partial charge < -0.3 is 9.47 Å². The number of rotatable bonds is 6. The van der Waals surface area contributed by atoms with Crippen molar-refractivity contribution >= 4 is 11.8 Å². The van der Waals surface area contributed by atoms with Crippen LogP contribution in [0.1, 0.15) is 12.2 Å². The number of tetrazole rings is 1. The number of ketones is 1. The number of Topliss-reactive ketones (excluding diaryl/α,β-unsaturated/α-hetero) is 1. The Morgan fingerprint density at radius 3 is 2.75 bits per heavy atom. The summed E-state index contributed by atoms with van der Waals surface area (Å²) in [6, 6.07) is 0.